The van der Waals surface area contributed by atoms with E-state index in [0.717, 1.165) is 43.5 Å². The van der Waals surface area contributed by atoms with Crippen LogP contribution in [0, 0.1) is 17.2 Å². The average molecular weight is 551 g/mol. The number of hydrogen-bond donors (Lipinski definition) is 0. The van der Waals surface area contributed by atoms with Gasteiger partial charge in [0.2, 0.25) is 11.8 Å². The van der Waals surface area contributed by atoms with Crippen LogP contribution in [0.2, 0.25) is 0 Å². The molecule has 1 aromatic carbocycles. The van der Waals surface area contributed by atoms with Crippen molar-refractivity contribution in [3.8, 4) is 5.75 Å². The van der Waals surface area contributed by atoms with E-state index >= 15 is 0 Å². The minimum absolute atomic E-state index is 0.0496. The third kappa shape index (κ3) is 5.82. The molecule has 1 aromatic rings. The first-order valence-corrected chi connectivity index (χ1v) is 14.4. The van der Waals surface area contributed by atoms with Crippen molar-refractivity contribution in [2.75, 3.05) is 32.8 Å². The fourth-order valence-electron chi connectivity index (χ4n) is 6.75. The second-order valence-corrected chi connectivity index (χ2v) is 11.7. The topological polar surface area (TPSA) is 49.9 Å². The molecule has 2 aliphatic carbocycles. The number of alkyl halides is 3. The molecule has 2 amide bonds. The third-order valence-corrected chi connectivity index (χ3v) is 9.29. The lowest BCUT2D eigenvalue weighted by Crippen LogP contribution is -2.53. The molecule has 1 unspecified atom stereocenters. The minimum atomic E-state index is -4.52. The summed E-state index contributed by atoms with van der Waals surface area (Å²) < 4.78 is 62.0. The van der Waals surface area contributed by atoms with E-state index < -0.39 is 23.3 Å². The summed E-state index contributed by atoms with van der Waals surface area (Å²) >= 11 is 0. The number of carbonyl (C=O) groups is 2. The van der Waals surface area contributed by atoms with E-state index in [1.54, 1.807) is 6.07 Å². The van der Waals surface area contributed by atoms with Gasteiger partial charge in [-0.15, -0.1) is 0 Å². The van der Waals surface area contributed by atoms with Crippen molar-refractivity contribution >= 4 is 11.8 Å². The zero-order valence-corrected chi connectivity index (χ0v) is 22.4. The molecular weight excluding hydrogens is 512 g/mol. The second kappa shape index (κ2) is 11.5. The van der Waals surface area contributed by atoms with Gasteiger partial charge in [-0.25, -0.2) is 4.39 Å². The number of ether oxygens (including phenoxy) is 1. The Labute approximate surface area is 227 Å². The molecule has 5 rings (SSSR count). The molecule has 39 heavy (non-hydrogen) atoms. The van der Waals surface area contributed by atoms with Crippen LogP contribution >= 0.6 is 0 Å². The highest BCUT2D eigenvalue weighted by molar-refractivity contribution is 5.93. The predicted octanol–water partition coefficient (Wildman–Crippen LogP) is 6.38. The molecule has 0 radical (unpaired) electrons. The number of hydrogen-bond acceptors (Lipinski definition) is 3. The number of nitrogens with zero attached hydrogens (tertiary/aromatic N) is 2. The number of carbonyl (C=O) groups excluding carboxylic acids is 2. The zero-order valence-electron chi connectivity index (χ0n) is 22.4. The summed E-state index contributed by atoms with van der Waals surface area (Å²) in [5.74, 6) is -0.695. The number of benzene rings is 1. The van der Waals surface area contributed by atoms with E-state index in [2.05, 4.69) is 0 Å². The van der Waals surface area contributed by atoms with Crippen LogP contribution in [0.15, 0.2) is 29.8 Å². The van der Waals surface area contributed by atoms with Crippen LogP contribution in [0.1, 0.15) is 82.1 Å². The molecule has 214 valence electrons. The molecule has 2 heterocycles. The Morgan fingerprint density at radius 2 is 1.64 bits per heavy atom. The summed E-state index contributed by atoms with van der Waals surface area (Å²) in [7, 11) is 0. The van der Waals surface area contributed by atoms with Gasteiger partial charge >= 0.3 is 6.18 Å². The monoisotopic (exact) mass is 550 g/mol. The van der Waals surface area contributed by atoms with Crippen LogP contribution in [0.5, 0.6) is 5.75 Å². The van der Waals surface area contributed by atoms with Crippen LogP contribution in [0.4, 0.5) is 17.6 Å². The van der Waals surface area contributed by atoms with Gasteiger partial charge in [0, 0.05) is 31.8 Å². The molecule has 0 N–H and O–H groups in total. The van der Waals surface area contributed by atoms with Gasteiger partial charge in [-0.05, 0) is 87.3 Å². The van der Waals surface area contributed by atoms with Crippen molar-refractivity contribution < 1.29 is 31.9 Å². The van der Waals surface area contributed by atoms with E-state index in [-0.39, 0.29) is 56.0 Å². The molecule has 3 fully saturated rings. The largest absolute Gasteiger partial charge is 0.490 e. The molecule has 0 bridgehead atoms. The number of rotatable bonds is 6. The number of allylic oxidation sites excluding steroid dienone is 1. The molecule has 5 nitrogen and oxygen atoms in total. The first-order valence-electron chi connectivity index (χ1n) is 14.4. The number of likely N-dealkylation sites (tertiary alicyclic amines) is 2. The fraction of sp³-hybridized carbons (Fsp3) is 0.667. The third-order valence-electron chi connectivity index (χ3n) is 9.29. The smallest absolute Gasteiger partial charge is 0.403 e. The maximum atomic E-state index is 14.9. The first-order chi connectivity index (χ1) is 18.7. The Balaban J connectivity index is 1.10. The standard InChI is InChI=1S/C30H38F4N2O3/c31-25-19-24(22-5-7-23(8-6-22)27(37)35-15-3-4-16-35)9-10-26(25)39-20-21-11-17-36(18-12-21)28(38)29(30(32,33)34)13-1-2-14-29/h7,9-10,19,21-22H,1-6,8,11-18,20H2. The predicted molar refractivity (Wildman–Crippen MR) is 139 cm³/mol. The Morgan fingerprint density at radius 1 is 0.949 bits per heavy atom. The fourth-order valence-corrected chi connectivity index (χ4v) is 6.75. The Bertz CT molecular complexity index is 1080. The Hall–Kier alpha value is -2.58. The van der Waals surface area contributed by atoms with Crippen molar-refractivity contribution in [1.29, 1.82) is 0 Å². The molecule has 9 heteroatoms. The Morgan fingerprint density at radius 3 is 2.23 bits per heavy atom. The van der Waals surface area contributed by atoms with Gasteiger partial charge in [0.1, 0.15) is 5.41 Å². The second-order valence-electron chi connectivity index (χ2n) is 11.7. The van der Waals surface area contributed by atoms with Crippen LogP contribution in [0.25, 0.3) is 0 Å². The van der Waals surface area contributed by atoms with Crippen molar-refractivity contribution in [3.63, 3.8) is 0 Å². The summed E-state index contributed by atoms with van der Waals surface area (Å²) in [5.41, 5.74) is -0.459. The molecule has 1 atom stereocenters. The first kappa shape index (κ1) is 28.0. The van der Waals surface area contributed by atoms with Crippen LogP contribution in [-0.2, 0) is 9.59 Å². The van der Waals surface area contributed by atoms with Gasteiger partial charge in [-0.1, -0.05) is 25.0 Å². The normalized spacial score (nSPS) is 24.1. The lowest BCUT2D eigenvalue weighted by Gasteiger charge is -2.39. The van der Waals surface area contributed by atoms with Gasteiger partial charge in [0.15, 0.2) is 11.6 Å². The summed E-state index contributed by atoms with van der Waals surface area (Å²) in [6.45, 7) is 2.47. The maximum Gasteiger partial charge on any atom is 0.403 e. The van der Waals surface area contributed by atoms with Crippen molar-refractivity contribution in [1.82, 2.24) is 9.80 Å². The molecular formula is C30H38F4N2O3. The number of halogens is 4. The van der Waals surface area contributed by atoms with Gasteiger partial charge < -0.3 is 14.5 Å². The molecule has 1 saturated carbocycles. The van der Waals surface area contributed by atoms with E-state index in [1.165, 1.54) is 11.0 Å². The highest BCUT2D eigenvalue weighted by Gasteiger charge is 2.62. The molecule has 0 aromatic heterocycles. The van der Waals surface area contributed by atoms with Crippen LogP contribution in [-0.4, -0.2) is 60.6 Å². The summed E-state index contributed by atoms with van der Waals surface area (Å²) in [4.78, 5) is 28.8. The van der Waals surface area contributed by atoms with Gasteiger partial charge in [0.25, 0.3) is 0 Å². The van der Waals surface area contributed by atoms with Gasteiger partial charge in [-0.2, -0.15) is 13.2 Å². The van der Waals surface area contributed by atoms with Crippen molar-refractivity contribution in [2.24, 2.45) is 11.3 Å². The van der Waals surface area contributed by atoms with E-state index in [9.17, 15) is 27.2 Å². The highest BCUT2D eigenvalue weighted by Crippen LogP contribution is 2.52. The number of piperidine rings is 1. The summed E-state index contributed by atoms with van der Waals surface area (Å²) in [6.07, 6.45) is 3.51. The van der Waals surface area contributed by atoms with Gasteiger partial charge in [0.05, 0.1) is 6.61 Å². The minimum Gasteiger partial charge on any atom is -0.490 e. The quantitative estimate of drug-likeness (QED) is 0.386. The lowest BCUT2D eigenvalue weighted by molar-refractivity contribution is -0.226. The van der Waals surface area contributed by atoms with Crippen molar-refractivity contribution in [3.05, 3.63) is 41.2 Å². The van der Waals surface area contributed by atoms with Crippen molar-refractivity contribution in [2.45, 2.75) is 82.7 Å². The van der Waals surface area contributed by atoms with Gasteiger partial charge in [-0.3, -0.25) is 9.59 Å². The summed E-state index contributed by atoms with van der Waals surface area (Å²) in [5, 5.41) is 0. The maximum absolute atomic E-state index is 14.9. The zero-order chi connectivity index (χ0) is 27.6. The molecule has 2 aliphatic heterocycles. The molecule has 2 saturated heterocycles. The Kier molecular flexibility index (Phi) is 8.24. The van der Waals surface area contributed by atoms with Crippen LogP contribution in [0.3, 0.4) is 0 Å². The lowest BCUT2D eigenvalue weighted by atomic mass is 9.82. The molecule has 0 spiro atoms. The average Bonchev–Trinajstić information content (AvgIpc) is 3.65. The SMILES string of the molecule is O=C(C1=CCC(c2ccc(OCC3CCN(C(=O)C4(C(F)(F)F)CCCC4)CC3)c(F)c2)CC1)N1CCCC1. The van der Waals surface area contributed by atoms with E-state index in [1.807, 2.05) is 17.0 Å². The molecule has 4 aliphatic rings. The summed E-state index contributed by atoms with van der Waals surface area (Å²) in [6, 6.07) is 5.04. The van der Waals surface area contributed by atoms with Crippen LogP contribution < -0.4 is 4.74 Å². The number of amides is 2. The highest BCUT2D eigenvalue weighted by atomic mass is 19.4. The van der Waals surface area contributed by atoms with E-state index in [4.69, 9.17) is 4.74 Å². The van der Waals surface area contributed by atoms with E-state index in [0.29, 0.717) is 38.5 Å².